The highest BCUT2D eigenvalue weighted by Crippen LogP contribution is 2.21. The van der Waals surface area contributed by atoms with E-state index in [0.29, 0.717) is 0 Å². The molecule has 1 heterocycles. The highest BCUT2D eigenvalue weighted by Gasteiger charge is 2.18. The van der Waals surface area contributed by atoms with Crippen LogP contribution in [0.1, 0.15) is 18.5 Å². The Kier molecular flexibility index (Phi) is 4.64. The van der Waals surface area contributed by atoms with Gasteiger partial charge >= 0.3 is 5.97 Å². The van der Waals surface area contributed by atoms with Crippen LogP contribution < -0.4 is 0 Å². The average molecular weight is 285 g/mol. The number of carbonyl (C=O) groups is 1. The number of hydrogen-bond acceptors (Lipinski definition) is 5. The van der Waals surface area contributed by atoms with E-state index in [1.54, 1.807) is 9.58 Å². The van der Waals surface area contributed by atoms with Gasteiger partial charge in [-0.15, -0.1) is 11.5 Å². The Balaban J connectivity index is 2.25. The summed E-state index contributed by atoms with van der Waals surface area (Å²) in [5, 5.41) is 20.0. The van der Waals surface area contributed by atoms with Crippen LogP contribution in [-0.4, -0.2) is 49.3 Å². The third kappa shape index (κ3) is 3.64. The lowest BCUT2D eigenvalue weighted by atomic mass is 10.1. The fourth-order valence-corrected chi connectivity index (χ4v) is 2.04. The van der Waals surface area contributed by atoms with E-state index in [9.17, 15) is 4.79 Å². The second-order valence-corrected chi connectivity index (χ2v) is 4.53. The molecule has 0 amide bonds. The molecule has 0 spiro atoms. The third-order valence-corrected chi connectivity index (χ3v) is 3.15. The molecule has 0 saturated carbocycles. The van der Waals surface area contributed by atoms with Gasteiger partial charge in [-0.25, -0.2) is 4.68 Å². The number of carboxylic acid groups (broad SMARTS) is 1. The predicted octanol–water partition coefficient (Wildman–Crippen LogP) is 0.743. The van der Waals surface area contributed by atoms with E-state index in [1.807, 2.05) is 31.2 Å². The lowest BCUT2D eigenvalue weighted by Crippen LogP contribution is -2.32. The third-order valence-electron chi connectivity index (χ3n) is 3.15. The Morgan fingerprint density at radius 1 is 1.57 bits per heavy atom. The predicted molar refractivity (Wildman–Crippen MR) is 75.6 cm³/mol. The summed E-state index contributed by atoms with van der Waals surface area (Å²) in [6.07, 6.45) is 6.81. The maximum absolute atomic E-state index is 10.9. The first-order valence-electron chi connectivity index (χ1n) is 6.34. The summed E-state index contributed by atoms with van der Waals surface area (Å²) in [6.45, 7) is 2.07. The standard InChI is InChI=1S/C14H15N5O2/c1-3-7-18(9-14(20)21)11(2)12-5-4-6-13(8-12)19-10-15-16-17-19/h1,4-6,8,10-11H,7,9H2,2H3,(H,20,21). The Morgan fingerprint density at radius 3 is 3.00 bits per heavy atom. The number of rotatable bonds is 6. The van der Waals surface area contributed by atoms with Gasteiger partial charge in [0, 0.05) is 6.04 Å². The van der Waals surface area contributed by atoms with E-state index >= 15 is 0 Å². The van der Waals surface area contributed by atoms with Gasteiger partial charge in [0.05, 0.1) is 18.8 Å². The average Bonchev–Trinajstić information content (AvgIpc) is 3.00. The molecular formula is C14H15N5O2. The van der Waals surface area contributed by atoms with Crippen LogP contribution in [0.3, 0.4) is 0 Å². The molecule has 1 atom stereocenters. The number of hydrogen-bond donors (Lipinski definition) is 1. The Hall–Kier alpha value is -2.72. The van der Waals surface area contributed by atoms with Gasteiger partial charge in [0.25, 0.3) is 0 Å². The van der Waals surface area contributed by atoms with Gasteiger partial charge in [0.1, 0.15) is 6.33 Å². The Bertz CT molecular complexity index is 648. The van der Waals surface area contributed by atoms with Crippen LogP contribution in [0.5, 0.6) is 0 Å². The SMILES string of the molecule is C#CCN(CC(=O)O)C(C)c1cccc(-n2cnnn2)c1. The first-order chi connectivity index (χ1) is 10.1. The molecule has 1 aromatic heterocycles. The normalized spacial score (nSPS) is 12.0. The van der Waals surface area contributed by atoms with Crippen LogP contribution in [-0.2, 0) is 4.79 Å². The van der Waals surface area contributed by atoms with E-state index in [4.69, 9.17) is 11.5 Å². The molecule has 0 aliphatic heterocycles. The van der Waals surface area contributed by atoms with E-state index in [0.717, 1.165) is 11.3 Å². The van der Waals surface area contributed by atoms with Crippen molar-refractivity contribution >= 4 is 5.97 Å². The zero-order valence-electron chi connectivity index (χ0n) is 11.5. The van der Waals surface area contributed by atoms with Crippen molar-refractivity contribution in [3.8, 4) is 18.0 Å². The van der Waals surface area contributed by atoms with E-state index in [1.165, 1.54) is 6.33 Å². The molecule has 0 bridgehead atoms. The molecule has 21 heavy (non-hydrogen) atoms. The molecular weight excluding hydrogens is 270 g/mol. The first kappa shape index (κ1) is 14.7. The Labute approximate surface area is 122 Å². The molecule has 1 aromatic carbocycles. The van der Waals surface area contributed by atoms with Gasteiger partial charge in [0.2, 0.25) is 0 Å². The number of aromatic nitrogens is 4. The van der Waals surface area contributed by atoms with E-state index in [-0.39, 0.29) is 19.1 Å². The van der Waals surface area contributed by atoms with E-state index in [2.05, 4.69) is 21.4 Å². The molecule has 2 rings (SSSR count). The van der Waals surface area contributed by atoms with Crippen LogP contribution in [0.2, 0.25) is 0 Å². The molecule has 1 N–H and O–H groups in total. The minimum atomic E-state index is -0.909. The lowest BCUT2D eigenvalue weighted by molar-refractivity contribution is -0.138. The van der Waals surface area contributed by atoms with Crippen molar-refractivity contribution in [2.24, 2.45) is 0 Å². The van der Waals surface area contributed by atoms with Crippen molar-refractivity contribution in [1.29, 1.82) is 0 Å². The molecule has 108 valence electrons. The summed E-state index contributed by atoms with van der Waals surface area (Å²) < 4.78 is 1.54. The van der Waals surface area contributed by atoms with Crippen molar-refractivity contribution in [1.82, 2.24) is 25.1 Å². The number of carboxylic acids is 1. The van der Waals surface area contributed by atoms with Crippen LogP contribution in [0.4, 0.5) is 0 Å². The summed E-state index contributed by atoms with van der Waals surface area (Å²) >= 11 is 0. The van der Waals surface area contributed by atoms with Crippen LogP contribution >= 0.6 is 0 Å². The van der Waals surface area contributed by atoms with Crippen molar-refractivity contribution in [3.05, 3.63) is 36.2 Å². The van der Waals surface area contributed by atoms with Crippen molar-refractivity contribution in [3.63, 3.8) is 0 Å². The molecule has 0 saturated heterocycles. The topological polar surface area (TPSA) is 84.1 Å². The zero-order chi connectivity index (χ0) is 15.2. The van der Waals surface area contributed by atoms with Gasteiger partial charge in [-0.1, -0.05) is 18.1 Å². The van der Waals surface area contributed by atoms with Crippen molar-refractivity contribution in [2.75, 3.05) is 13.1 Å². The molecule has 0 radical (unpaired) electrons. The first-order valence-corrected chi connectivity index (χ1v) is 6.34. The summed E-state index contributed by atoms with van der Waals surface area (Å²) in [5.41, 5.74) is 1.75. The van der Waals surface area contributed by atoms with Crippen molar-refractivity contribution < 1.29 is 9.90 Å². The zero-order valence-corrected chi connectivity index (χ0v) is 11.5. The van der Waals surface area contributed by atoms with Gasteiger partial charge in [0.15, 0.2) is 0 Å². The van der Waals surface area contributed by atoms with Crippen molar-refractivity contribution in [2.45, 2.75) is 13.0 Å². The maximum atomic E-state index is 10.9. The molecule has 7 heteroatoms. The quantitative estimate of drug-likeness (QED) is 0.788. The summed E-state index contributed by atoms with van der Waals surface area (Å²) in [7, 11) is 0. The highest BCUT2D eigenvalue weighted by molar-refractivity contribution is 5.69. The number of terminal acetylenes is 1. The van der Waals surface area contributed by atoms with Gasteiger partial charge in [-0.05, 0) is 35.0 Å². The largest absolute Gasteiger partial charge is 0.480 e. The minimum absolute atomic E-state index is 0.111. The maximum Gasteiger partial charge on any atom is 0.317 e. The summed E-state index contributed by atoms with van der Waals surface area (Å²) in [6, 6.07) is 7.44. The molecule has 7 nitrogen and oxygen atoms in total. The minimum Gasteiger partial charge on any atom is -0.480 e. The number of nitrogens with zero attached hydrogens (tertiary/aromatic N) is 5. The molecule has 0 aliphatic carbocycles. The van der Waals surface area contributed by atoms with Crippen LogP contribution in [0.25, 0.3) is 5.69 Å². The van der Waals surface area contributed by atoms with E-state index < -0.39 is 5.97 Å². The second-order valence-electron chi connectivity index (χ2n) is 4.53. The van der Waals surface area contributed by atoms with Gasteiger partial charge in [-0.3, -0.25) is 9.69 Å². The molecule has 0 aliphatic rings. The van der Waals surface area contributed by atoms with Crippen LogP contribution in [0, 0.1) is 12.3 Å². The molecule has 0 fully saturated rings. The second kappa shape index (κ2) is 6.63. The number of benzene rings is 1. The molecule has 2 aromatic rings. The van der Waals surface area contributed by atoms with Gasteiger partial charge < -0.3 is 5.11 Å². The lowest BCUT2D eigenvalue weighted by Gasteiger charge is -2.26. The highest BCUT2D eigenvalue weighted by atomic mass is 16.4. The summed E-state index contributed by atoms with van der Waals surface area (Å²) in [5.74, 6) is 1.58. The number of aliphatic carboxylic acids is 1. The molecule has 1 unspecified atom stereocenters. The Morgan fingerprint density at radius 2 is 2.38 bits per heavy atom. The van der Waals surface area contributed by atoms with Gasteiger partial charge in [-0.2, -0.15) is 0 Å². The smallest absolute Gasteiger partial charge is 0.317 e. The van der Waals surface area contributed by atoms with Crippen LogP contribution in [0.15, 0.2) is 30.6 Å². The monoisotopic (exact) mass is 285 g/mol. The fraction of sp³-hybridized carbons (Fsp3) is 0.286. The fourth-order valence-electron chi connectivity index (χ4n) is 2.04. The summed E-state index contributed by atoms with van der Waals surface area (Å²) in [4.78, 5) is 12.6. The number of tetrazole rings is 1.